The topological polar surface area (TPSA) is 23.5 Å². The predicted molar refractivity (Wildman–Crippen MR) is 68.4 cm³/mol. The van der Waals surface area contributed by atoms with Crippen molar-refractivity contribution in [2.75, 3.05) is 13.6 Å². The maximum absolute atomic E-state index is 13.6. The monoisotopic (exact) mass is 239 g/mol. The first-order valence-corrected chi connectivity index (χ1v) is 6.15. The van der Waals surface area contributed by atoms with Crippen LogP contribution >= 0.6 is 0 Å². The summed E-state index contributed by atoms with van der Waals surface area (Å²) in [5.74, 6) is -0.151. The molecule has 0 aliphatic rings. The average Bonchev–Trinajstić information content (AvgIpc) is 2.28. The summed E-state index contributed by atoms with van der Waals surface area (Å²) in [5.41, 5.74) is 0.729. The molecule has 0 amide bonds. The number of hydrogen-bond acceptors (Lipinski definition) is 2. The lowest BCUT2D eigenvalue weighted by Crippen LogP contribution is -2.24. The molecule has 0 aliphatic heterocycles. The van der Waals surface area contributed by atoms with Crippen molar-refractivity contribution in [3.05, 3.63) is 35.6 Å². The van der Waals surface area contributed by atoms with E-state index in [4.69, 9.17) is 0 Å². The Hall–Kier alpha value is -0.930. The molecule has 1 rings (SSSR count). The lowest BCUT2D eigenvalue weighted by atomic mass is 10.1. The van der Waals surface area contributed by atoms with Crippen molar-refractivity contribution in [2.45, 2.75) is 38.8 Å². The van der Waals surface area contributed by atoms with Crippen LogP contribution in [0.1, 0.15) is 38.3 Å². The van der Waals surface area contributed by atoms with Gasteiger partial charge in [-0.15, -0.1) is 0 Å². The highest BCUT2D eigenvalue weighted by atomic mass is 19.1. The van der Waals surface area contributed by atoms with E-state index in [1.54, 1.807) is 13.0 Å². The fourth-order valence-corrected chi connectivity index (χ4v) is 1.88. The highest BCUT2D eigenvalue weighted by Crippen LogP contribution is 2.21. The molecule has 0 saturated heterocycles. The van der Waals surface area contributed by atoms with Crippen molar-refractivity contribution in [2.24, 2.45) is 0 Å². The van der Waals surface area contributed by atoms with Crippen LogP contribution in [0.15, 0.2) is 24.3 Å². The third-order valence-corrected chi connectivity index (χ3v) is 3.15. The second-order valence-corrected chi connectivity index (χ2v) is 4.67. The van der Waals surface area contributed by atoms with Gasteiger partial charge in [0.05, 0.1) is 6.10 Å². The molecule has 2 unspecified atom stereocenters. The van der Waals surface area contributed by atoms with Crippen molar-refractivity contribution in [1.82, 2.24) is 4.90 Å². The van der Waals surface area contributed by atoms with E-state index in [9.17, 15) is 9.50 Å². The van der Waals surface area contributed by atoms with E-state index in [1.807, 2.05) is 26.1 Å². The van der Waals surface area contributed by atoms with Gasteiger partial charge in [0.25, 0.3) is 0 Å². The Morgan fingerprint density at radius 1 is 1.29 bits per heavy atom. The number of aliphatic hydroxyl groups is 1. The van der Waals surface area contributed by atoms with Gasteiger partial charge in [0, 0.05) is 11.6 Å². The third-order valence-electron chi connectivity index (χ3n) is 3.15. The van der Waals surface area contributed by atoms with Gasteiger partial charge in [-0.2, -0.15) is 0 Å². The Morgan fingerprint density at radius 3 is 2.53 bits per heavy atom. The van der Waals surface area contributed by atoms with E-state index in [1.165, 1.54) is 6.07 Å². The van der Waals surface area contributed by atoms with Crippen molar-refractivity contribution >= 4 is 0 Å². The van der Waals surface area contributed by atoms with Crippen molar-refractivity contribution in [1.29, 1.82) is 0 Å². The quantitative estimate of drug-likeness (QED) is 0.825. The fourth-order valence-electron chi connectivity index (χ4n) is 1.88. The molecule has 2 nitrogen and oxygen atoms in total. The first-order valence-electron chi connectivity index (χ1n) is 6.15. The SMILES string of the molecule is CC(O)CCCN(C)C(C)c1ccccc1F. The van der Waals surface area contributed by atoms with Crippen LogP contribution in [0.4, 0.5) is 4.39 Å². The molecule has 0 radical (unpaired) electrons. The number of hydrogen-bond donors (Lipinski definition) is 1. The minimum Gasteiger partial charge on any atom is -0.393 e. The summed E-state index contributed by atoms with van der Waals surface area (Å²) in [6.45, 7) is 4.65. The van der Waals surface area contributed by atoms with E-state index >= 15 is 0 Å². The molecular weight excluding hydrogens is 217 g/mol. The summed E-state index contributed by atoms with van der Waals surface area (Å²) in [4.78, 5) is 2.11. The van der Waals surface area contributed by atoms with Gasteiger partial charge in [0.1, 0.15) is 5.82 Å². The molecular formula is C14H22FNO. The largest absolute Gasteiger partial charge is 0.393 e. The van der Waals surface area contributed by atoms with Crippen LogP contribution in [-0.2, 0) is 0 Å². The maximum Gasteiger partial charge on any atom is 0.127 e. The molecule has 17 heavy (non-hydrogen) atoms. The Kier molecular flexibility index (Phi) is 5.59. The molecule has 0 aromatic heterocycles. The summed E-state index contributed by atoms with van der Waals surface area (Å²) in [5, 5.41) is 9.19. The van der Waals surface area contributed by atoms with Gasteiger partial charge < -0.3 is 5.11 Å². The number of benzene rings is 1. The summed E-state index contributed by atoms with van der Waals surface area (Å²) in [7, 11) is 1.99. The van der Waals surface area contributed by atoms with Crippen LogP contribution in [0.25, 0.3) is 0 Å². The molecule has 0 bridgehead atoms. The molecule has 0 heterocycles. The zero-order chi connectivity index (χ0) is 12.8. The van der Waals surface area contributed by atoms with Gasteiger partial charge in [0.15, 0.2) is 0 Å². The lowest BCUT2D eigenvalue weighted by Gasteiger charge is -2.25. The Labute approximate surface area is 103 Å². The van der Waals surface area contributed by atoms with Crippen molar-refractivity contribution < 1.29 is 9.50 Å². The van der Waals surface area contributed by atoms with Crippen LogP contribution in [0.3, 0.4) is 0 Å². The lowest BCUT2D eigenvalue weighted by molar-refractivity contribution is 0.168. The number of rotatable bonds is 6. The third kappa shape index (κ3) is 4.44. The summed E-state index contributed by atoms with van der Waals surface area (Å²) >= 11 is 0. The summed E-state index contributed by atoms with van der Waals surface area (Å²) < 4.78 is 13.6. The highest BCUT2D eigenvalue weighted by molar-refractivity contribution is 5.20. The number of nitrogens with zero attached hydrogens (tertiary/aromatic N) is 1. The number of halogens is 1. The van der Waals surface area contributed by atoms with E-state index in [0.717, 1.165) is 24.9 Å². The number of aliphatic hydroxyl groups excluding tert-OH is 1. The van der Waals surface area contributed by atoms with E-state index in [-0.39, 0.29) is 18.0 Å². The standard InChI is InChI=1S/C14H22FNO/c1-11(17)7-6-10-16(3)12(2)13-8-4-5-9-14(13)15/h4-5,8-9,11-12,17H,6-7,10H2,1-3H3. The molecule has 96 valence electrons. The van der Waals surface area contributed by atoms with Crippen LogP contribution in [0.2, 0.25) is 0 Å². The second kappa shape index (κ2) is 6.72. The molecule has 1 N–H and O–H groups in total. The summed E-state index contributed by atoms with van der Waals surface area (Å²) in [6, 6.07) is 6.95. The first kappa shape index (κ1) is 14.1. The molecule has 3 heteroatoms. The Bertz CT molecular complexity index is 341. The van der Waals surface area contributed by atoms with E-state index in [2.05, 4.69) is 4.90 Å². The Morgan fingerprint density at radius 2 is 1.94 bits per heavy atom. The second-order valence-electron chi connectivity index (χ2n) is 4.67. The van der Waals surface area contributed by atoms with Crippen molar-refractivity contribution in [3.63, 3.8) is 0 Å². The zero-order valence-electron chi connectivity index (χ0n) is 10.9. The van der Waals surface area contributed by atoms with Crippen LogP contribution < -0.4 is 0 Å². The van der Waals surface area contributed by atoms with Crippen LogP contribution in [0.5, 0.6) is 0 Å². The van der Waals surface area contributed by atoms with Gasteiger partial charge in [-0.25, -0.2) is 4.39 Å². The molecule has 0 saturated carbocycles. The van der Waals surface area contributed by atoms with Gasteiger partial charge >= 0.3 is 0 Å². The van der Waals surface area contributed by atoms with Gasteiger partial charge in [-0.3, -0.25) is 4.90 Å². The fraction of sp³-hybridized carbons (Fsp3) is 0.571. The maximum atomic E-state index is 13.6. The highest BCUT2D eigenvalue weighted by Gasteiger charge is 2.14. The zero-order valence-corrected chi connectivity index (χ0v) is 10.9. The molecule has 0 fully saturated rings. The van der Waals surface area contributed by atoms with E-state index in [0.29, 0.717) is 0 Å². The molecule has 1 aromatic rings. The molecule has 0 aliphatic carbocycles. The first-order chi connectivity index (χ1) is 8.02. The van der Waals surface area contributed by atoms with E-state index < -0.39 is 0 Å². The normalized spacial score (nSPS) is 14.9. The molecule has 0 spiro atoms. The average molecular weight is 239 g/mol. The van der Waals surface area contributed by atoms with Crippen LogP contribution in [-0.4, -0.2) is 29.7 Å². The van der Waals surface area contributed by atoms with Crippen molar-refractivity contribution in [3.8, 4) is 0 Å². The summed E-state index contributed by atoms with van der Waals surface area (Å²) in [6.07, 6.45) is 1.45. The van der Waals surface area contributed by atoms with Gasteiger partial charge in [-0.05, 0) is 46.3 Å². The van der Waals surface area contributed by atoms with Crippen LogP contribution in [0, 0.1) is 5.82 Å². The minimum atomic E-state index is -0.257. The molecule has 2 atom stereocenters. The molecule has 1 aromatic carbocycles. The smallest absolute Gasteiger partial charge is 0.127 e. The Balaban J connectivity index is 2.52. The minimum absolute atomic E-state index is 0.0604. The van der Waals surface area contributed by atoms with Gasteiger partial charge in [0.2, 0.25) is 0 Å². The predicted octanol–water partition coefficient (Wildman–Crippen LogP) is 2.98. The van der Waals surface area contributed by atoms with Gasteiger partial charge in [-0.1, -0.05) is 18.2 Å².